The Morgan fingerprint density at radius 2 is 1.96 bits per heavy atom. The Labute approximate surface area is 151 Å². The van der Waals surface area contributed by atoms with Crippen molar-refractivity contribution in [1.82, 2.24) is 34.9 Å². The van der Waals surface area contributed by atoms with Crippen LogP contribution < -0.4 is 4.90 Å². The minimum atomic E-state index is 0.143. The summed E-state index contributed by atoms with van der Waals surface area (Å²) >= 11 is 0. The molecule has 2 saturated heterocycles. The number of piperidine rings is 1. The molecule has 26 heavy (non-hydrogen) atoms. The van der Waals surface area contributed by atoms with Crippen LogP contribution in [0.4, 0.5) is 5.82 Å². The Hall–Kier alpha value is -2.55. The summed E-state index contributed by atoms with van der Waals surface area (Å²) in [5.41, 5.74) is 0.825. The fourth-order valence-corrected chi connectivity index (χ4v) is 3.83. The second-order valence-corrected chi connectivity index (χ2v) is 7.13. The molecule has 1 atom stereocenters. The van der Waals surface area contributed by atoms with E-state index in [4.69, 9.17) is 9.62 Å². The summed E-state index contributed by atoms with van der Waals surface area (Å²) in [5.74, 6) is 3.05. The molecule has 1 unspecified atom stereocenters. The third-order valence-corrected chi connectivity index (χ3v) is 5.63. The van der Waals surface area contributed by atoms with E-state index < -0.39 is 0 Å². The third-order valence-electron chi connectivity index (χ3n) is 5.63. The van der Waals surface area contributed by atoms with Gasteiger partial charge in [0.1, 0.15) is 5.82 Å². The van der Waals surface area contributed by atoms with Crippen LogP contribution in [0, 0.1) is 0 Å². The molecule has 9 heteroatoms. The summed E-state index contributed by atoms with van der Waals surface area (Å²) < 4.78 is 7.15. The highest BCUT2D eigenvalue weighted by Gasteiger charge is 2.29. The lowest BCUT2D eigenvalue weighted by Gasteiger charge is -2.34. The Balaban J connectivity index is 1.33. The second kappa shape index (κ2) is 6.31. The van der Waals surface area contributed by atoms with Crippen molar-refractivity contribution < 1.29 is 4.52 Å². The molecule has 0 bridgehead atoms. The van der Waals surface area contributed by atoms with Gasteiger partial charge in [0, 0.05) is 19.0 Å². The molecule has 0 aliphatic carbocycles. The topological polar surface area (TPSA) is 88.5 Å². The molecule has 0 aromatic carbocycles. The van der Waals surface area contributed by atoms with Gasteiger partial charge in [0.2, 0.25) is 5.89 Å². The molecule has 2 fully saturated rings. The first kappa shape index (κ1) is 15.7. The minimum absolute atomic E-state index is 0.143. The van der Waals surface area contributed by atoms with E-state index in [1.807, 2.05) is 16.6 Å². The molecule has 0 saturated carbocycles. The summed E-state index contributed by atoms with van der Waals surface area (Å²) in [6, 6.07) is 4.20. The summed E-state index contributed by atoms with van der Waals surface area (Å²) in [6.45, 7) is 6.22. The van der Waals surface area contributed by atoms with Crippen LogP contribution in [-0.4, -0.2) is 61.0 Å². The van der Waals surface area contributed by atoms with Crippen LogP contribution >= 0.6 is 0 Å². The van der Waals surface area contributed by atoms with E-state index in [0.29, 0.717) is 11.8 Å². The predicted octanol–water partition coefficient (Wildman–Crippen LogP) is 1.66. The van der Waals surface area contributed by atoms with Gasteiger partial charge in [-0.3, -0.25) is 4.90 Å². The van der Waals surface area contributed by atoms with Crippen molar-refractivity contribution in [3.8, 4) is 0 Å². The van der Waals surface area contributed by atoms with Crippen LogP contribution in [0.2, 0.25) is 0 Å². The number of likely N-dealkylation sites (tertiary alicyclic amines) is 1. The fourth-order valence-electron chi connectivity index (χ4n) is 3.83. The number of hydrogen-bond donors (Lipinski definition) is 0. The van der Waals surface area contributed by atoms with Crippen LogP contribution in [-0.2, 0) is 0 Å². The van der Waals surface area contributed by atoms with Crippen molar-refractivity contribution in [3.05, 3.63) is 30.2 Å². The predicted molar refractivity (Wildman–Crippen MR) is 93.9 cm³/mol. The lowest BCUT2D eigenvalue weighted by molar-refractivity contribution is 0.134. The van der Waals surface area contributed by atoms with Gasteiger partial charge in [-0.25, -0.2) is 0 Å². The van der Waals surface area contributed by atoms with Gasteiger partial charge >= 0.3 is 0 Å². The first-order valence-corrected chi connectivity index (χ1v) is 9.27. The molecule has 0 spiro atoms. The maximum absolute atomic E-state index is 5.21. The normalized spacial score (nSPS) is 20.4. The maximum atomic E-state index is 5.21. The quantitative estimate of drug-likeness (QED) is 0.699. The number of fused-ring (bicyclic) bond motifs is 1. The first-order valence-electron chi connectivity index (χ1n) is 9.27. The number of nitrogens with zero attached hydrogens (tertiary/aromatic N) is 8. The van der Waals surface area contributed by atoms with Crippen LogP contribution in [0.1, 0.15) is 49.9 Å². The Morgan fingerprint density at radius 1 is 1.12 bits per heavy atom. The lowest BCUT2D eigenvalue weighted by Crippen LogP contribution is -2.38. The maximum Gasteiger partial charge on any atom is 0.243 e. The molecule has 0 amide bonds. The van der Waals surface area contributed by atoms with E-state index in [1.54, 1.807) is 0 Å². The highest BCUT2D eigenvalue weighted by Crippen LogP contribution is 2.31. The van der Waals surface area contributed by atoms with Crippen LogP contribution in [0.25, 0.3) is 5.65 Å². The van der Waals surface area contributed by atoms with Gasteiger partial charge in [-0.2, -0.15) is 9.50 Å². The molecule has 0 radical (unpaired) electrons. The number of anilines is 1. The molecule has 3 aromatic heterocycles. The van der Waals surface area contributed by atoms with Gasteiger partial charge in [0.15, 0.2) is 17.8 Å². The molecule has 3 aromatic rings. The van der Waals surface area contributed by atoms with E-state index >= 15 is 0 Å². The van der Waals surface area contributed by atoms with Crippen molar-refractivity contribution >= 4 is 11.5 Å². The zero-order valence-corrected chi connectivity index (χ0v) is 14.8. The van der Waals surface area contributed by atoms with E-state index in [1.165, 1.54) is 12.7 Å². The van der Waals surface area contributed by atoms with Crippen molar-refractivity contribution in [2.24, 2.45) is 0 Å². The van der Waals surface area contributed by atoms with Crippen LogP contribution in [0.3, 0.4) is 0 Å². The van der Waals surface area contributed by atoms with Crippen molar-refractivity contribution in [1.29, 1.82) is 0 Å². The van der Waals surface area contributed by atoms with E-state index in [2.05, 4.69) is 37.1 Å². The van der Waals surface area contributed by atoms with Gasteiger partial charge in [0.05, 0.1) is 6.04 Å². The van der Waals surface area contributed by atoms with Gasteiger partial charge in [0.25, 0.3) is 0 Å². The highest BCUT2D eigenvalue weighted by atomic mass is 16.5. The van der Waals surface area contributed by atoms with Crippen molar-refractivity contribution in [2.75, 3.05) is 31.1 Å². The SMILES string of the molecule is CC(c1ncno1)N1CCC(c2nnc3ccc(N4CCC4)nn23)CC1. The third kappa shape index (κ3) is 2.63. The number of hydrogen-bond acceptors (Lipinski definition) is 8. The first-order chi connectivity index (χ1) is 12.8. The van der Waals surface area contributed by atoms with E-state index in [9.17, 15) is 0 Å². The second-order valence-electron chi connectivity index (χ2n) is 7.13. The minimum Gasteiger partial charge on any atom is -0.355 e. The average Bonchev–Trinajstić information content (AvgIpc) is 3.29. The summed E-state index contributed by atoms with van der Waals surface area (Å²) in [5, 5.41) is 17.3. The fraction of sp³-hybridized carbons (Fsp3) is 0.588. The molecule has 136 valence electrons. The van der Waals surface area contributed by atoms with Gasteiger partial charge in [-0.15, -0.1) is 15.3 Å². The van der Waals surface area contributed by atoms with Gasteiger partial charge in [-0.1, -0.05) is 5.16 Å². The highest BCUT2D eigenvalue weighted by molar-refractivity contribution is 5.47. The molecule has 0 N–H and O–H groups in total. The largest absolute Gasteiger partial charge is 0.355 e. The zero-order chi connectivity index (χ0) is 17.5. The smallest absolute Gasteiger partial charge is 0.243 e. The average molecular weight is 354 g/mol. The summed E-state index contributed by atoms with van der Waals surface area (Å²) in [7, 11) is 0. The Kier molecular flexibility index (Phi) is 3.81. The molecule has 5 rings (SSSR count). The van der Waals surface area contributed by atoms with Crippen molar-refractivity contribution in [3.63, 3.8) is 0 Å². The van der Waals surface area contributed by atoms with Crippen LogP contribution in [0.5, 0.6) is 0 Å². The zero-order valence-electron chi connectivity index (χ0n) is 14.8. The molecule has 9 nitrogen and oxygen atoms in total. The van der Waals surface area contributed by atoms with Gasteiger partial charge < -0.3 is 9.42 Å². The monoisotopic (exact) mass is 354 g/mol. The Bertz CT molecular complexity index is 879. The van der Waals surface area contributed by atoms with Gasteiger partial charge in [-0.05, 0) is 51.4 Å². The Morgan fingerprint density at radius 3 is 2.65 bits per heavy atom. The molecule has 2 aliphatic heterocycles. The standard InChI is InChI=1S/C17H22N8O/c1-12(17-18-11-19-26-17)23-9-5-13(6-10-23)16-21-20-14-3-4-15(22-25(14)16)24-7-2-8-24/h3-4,11-13H,2,5-10H2,1H3. The molecule has 2 aliphatic rings. The molecular weight excluding hydrogens is 332 g/mol. The number of rotatable bonds is 4. The van der Waals surface area contributed by atoms with E-state index in [-0.39, 0.29) is 6.04 Å². The van der Waals surface area contributed by atoms with Crippen LogP contribution in [0.15, 0.2) is 23.0 Å². The lowest BCUT2D eigenvalue weighted by atomic mass is 9.95. The number of aromatic nitrogens is 6. The summed E-state index contributed by atoms with van der Waals surface area (Å²) in [4.78, 5) is 8.85. The molecule has 5 heterocycles. The summed E-state index contributed by atoms with van der Waals surface area (Å²) in [6.07, 6.45) is 4.75. The van der Waals surface area contributed by atoms with Crippen molar-refractivity contribution in [2.45, 2.75) is 38.1 Å². The van der Waals surface area contributed by atoms with E-state index in [0.717, 1.165) is 56.3 Å². The molecular formula is C17H22N8O.